The molecule has 0 radical (unpaired) electrons. The van der Waals surface area contributed by atoms with Crippen molar-refractivity contribution < 1.29 is 14.7 Å². The van der Waals surface area contributed by atoms with Crippen LogP contribution in [0.25, 0.3) is 0 Å². The molecule has 1 fully saturated rings. The molecule has 1 aromatic rings. The minimum Gasteiger partial charge on any atom is -0.481 e. The van der Waals surface area contributed by atoms with Crippen LogP contribution in [0.5, 0.6) is 0 Å². The fourth-order valence-corrected chi connectivity index (χ4v) is 2.47. The summed E-state index contributed by atoms with van der Waals surface area (Å²) in [6.07, 6.45) is 0. The Balaban J connectivity index is 2.11. The molecule has 19 heavy (non-hydrogen) atoms. The standard InChI is InChI=1S/C14H14N2O3/c1-14(2)10(11(14)13(18)19)12(17)16-9-5-3-4-8(6-9)7-15/h3-6,10-11H,1-2H3,(H,16,17)(H,18,19)/t10-,11-/m1/s1. The average Bonchev–Trinajstić information content (AvgIpc) is 2.93. The van der Waals surface area contributed by atoms with Crippen LogP contribution in [0.1, 0.15) is 19.4 Å². The molecule has 0 heterocycles. The zero-order chi connectivity index (χ0) is 14.2. The second-order valence-corrected chi connectivity index (χ2v) is 5.30. The first-order valence-corrected chi connectivity index (χ1v) is 5.91. The Bertz CT molecular complexity index is 587. The van der Waals surface area contributed by atoms with Gasteiger partial charge in [0.05, 0.1) is 23.5 Å². The van der Waals surface area contributed by atoms with Crippen molar-refractivity contribution in [2.45, 2.75) is 13.8 Å². The Morgan fingerprint density at radius 1 is 1.37 bits per heavy atom. The maximum Gasteiger partial charge on any atom is 0.307 e. The molecule has 0 aromatic heterocycles. The van der Waals surface area contributed by atoms with Gasteiger partial charge in [-0.25, -0.2) is 0 Å². The number of carboxylic acids is 1. The van der Waals surface area contributed by atoms with E-state index < -0.39 is 23.2 Å². The van der Waals surface area contributed by atoms with E-state index in [0.29, 0.717) is 11.3 Å². The monoisotopic (exact) mass is 258 g/mol. The number of carboxylic acid groups (broad SMARTS) is 1. The number of carbonyl (C=O) groups is 2. The van der Waals surface area contributed by atoms with Crippen molar-refractivity contribution in [2.75, 3.05) is 5.32 Å². The molecule has 0 bridgehead atoms. The van der Waals surface area contributed by atoms with Gasteiger partial charge in [-0.1, -0.05) is 19.9 Å². The summed E-state index contributed by atoms with van der Waals surface area (Å²) < 4.78 is 0. The van der Waals surface area contributed by atoms with E-state index in [1.165, 1.54) is 0 Å². The topological polar surface area (TPSA) is 90.2 Å². The first-order valence-electron chi connectivity index (χ1n) is 5.91. The van der Waals surface area contributed by atoms with Crippen molar-refractivity contribution in [3.63, 3.8) is 0 Å². The number of benzene rings is 1. The van der Waals surface area contributed by atoms with Crippen LogP contribution in [0.15, 0.2) is 24.3 Å². The highest BCUT2D eigenvalue weighted by molar-refractivity contribution is 5.99. The van der Waals surface area contributed by atoms with Crippen LogP contribution in [-0.2, 0) is 9.59 Å². The Morgan fingerprint density at radius 2 is 2.05 bits per heavy atom. The SMILES string of the molecule is CC1(C)[C@@H](C(=O)O)[C@@H]1C(=O)Nc1cccc(C#N)c1. The lowest BCUT2D eigenvalue weighted by molar-refractivity contribution is -0.140. The number of nitriles is 1. The van der Waals surface area contributed by atoms with E-state index in [2.05, 4.69) is 5.32 Å². The van der Waals surface area contributed by atoms with Crippen LogP contribution in [-0.4, -0.2) is 17.0 Å². The molecule has 1 aliphatic carbocycles. The number of hydrogen-bond acceptors (Lipinski definition) is 3. The average molecular weight is 258 g/mol. The third-order valence-electron chi connectivity index (χ3n) is 3.64. The Labute approximate surface area is 110 Å². The number of nitrogens with zero attached hydrogens (tertiary/aromatic N) is 1. The number of hydrogen-bond donors (Lipinski definition) is 2. The largest absolute Gasteiger partial charge is 0.481 e. The van der Waals surface area contributed by atoms with Crippen LogP contribution < -0.4 is 5.32 Å². The van der Waals surface area contributed by atoms with Gasteiger partial charge in [-0.05, 0) is 23.6 Å². The van der Waals surface area contributed by atoms with Gasteiger partial charge in [0.15, 0.2) is 0 Å². The lowest BCUT2D eigenvalue weighted by atomic mass is 10.1. The van der Waals surface area contributed by atoms with Gasteiger partial charge in [0, 0.05) is 5.69 Å². The maximum atomic E-state index is 12.0. The van der Waals surface area contributed by atoms with Gasteiger partial charge < -0.3 is 10.4 Å². The van der Waals surface area contributed by atoms with Crippen LogP contribution in [0.4, 0.5) is 5.69 Å². The van der Waals surface area contributed by atoms with Gasteiger partial charge in [0.1, 0.15) is 0 Å². The first-order chi connectivity index (χ1) is 8.87. The molecular formula is C14H14N2O3. The summed E-state index contributed by atoms with van der Waals surface area (Å²) in [7, 11) is 0. The van der Waals surface area contributed by atoms with Crippen LogP contribution >= 0.6 is 0 Å². The van der Waals surface area contributed by atoms with Crippen molar-refractivity contribution in [1.29, 1.82) is 5.26 Å². The van der Waals surface area contributed by atoms with Crippen LogP contribution in [0, 0.1) is 28.6 Å². The van der Waals surface area contributed by atoms with Crippen LogP contribution in [0.3, 0.4) is 0 Å². The van der Waals surface area contributed by atoms with E-state index in [1.807, 2.05) is 6.07 Å². The van der Waals surface area contributed by atoms with E-state index in [4.69, 9.17) is 10.4 Å². The Kier molecular flexibility index (Phi) is 3.03. The predicted molar refractivity (Wildman–Crippen MR) is 68.2 cm³/mol. The Morgan fingerprint density at radius 3 is 2.58 bits per heavy atom. The molecule has 2 N–H and O–H groups in total. The highest BCUT2D eigenvalue weighted by Gasteiger charge is 2.65. The van der Waals surface area contributed by atoms with E-state index in [0.717, 1.165) is 0 Å². The molecule has 1 saturated carbocycles. The van der Waals surface area contributed by atoms with Gasteiger partial charge in [0.2, 0.25) is 5.91 Å². The number of aliphatic carboxylic acids is 1. The number of amides is 1. The first kappa shape index (κ1) is 13.1. The summed E-state index contributed by atoms with van der Waals surface area (Å²) in [5, 5.41) is 20.5. The summed E-state index contributed by atoms with van der Waals surface area (Å²) in [5.74, 6) is -2.44. The Hall–Kier alpha value is -2.35. The highest BCUT2D eigenvalue weighted by Crippen LogP contribution is 2.58. The summed E-state index contributed by atoms with van der Waals surface area (Å²) >= 11 is 0. The van der Waals surface area contributed by atoms with Crippen molar-refractivity contribution in [2.24, 2.45) is 17.3 Å². The van der Waals surface area contributed by atoms with Gasteiger partial charge in [-0.15, -0.1) is 0 Å². The van der Waals surface area contributed by atoms with E-state index in [1.54, 1.807) is 38.1 Å². The fraction of sp³-hybridized carbons (Fsp3) is 0.357. The summed E-state index contributed by atoms with van der Waals surface area (Å²) in [6.45, 7) is 3.53. The third-order valence-corrected chi connectivity index (χ3v) is 3.64. The van der Waals surface area contributed by atoms with Crippen molar-refractivity contribution in [1.82, 2.24) is 0 Å². The molecule has 0 spiro atoms. The van der Waals surface area contributed by atoms with Crippen molar-refractivity contribution in [3.8, 4) is 6.07 Å². The summed E-state index contributed by atoms with van der Waals surface area (Å²) in [5.41, 5.74) is 0.432. The lowest BCUT2D eigenvalue weighted by Gasteiger charge is -2.06. The molecule has 0 saturated heterocycles. The molecule has 5 heteroatoms. The molecule has 2 rings (SSSR count). The number of anilines is 1. The van der Waals surface area contributed by atoms with Gasteiger partial charge >= 0.3 is 5.97 Å². The molecule has 2 atom stereocenters. The van der Waals surface area contributed by atoms with E-state index in [-0.39, 0.29) is 5.91 Å². The molecule has 0 aliphatic heterocycles. The van der Waals surface area contributed by atoms with Gasteiger partial charge in [-0.2, -0.15) is 5.26 Å². The van der Waals surface area contributed by atoms with Gasteiger partial charge in [0.25, 0.3) is 0 Å². The smallest absolute Gasteiger partial charge is 0.307 e. The normalized spacial score (nSPS) is 23.2. The minimum atomic E-state index is -0.948. The van der Waals surface area contributed by atoms with E-state index >= 15 is 0 Å². The number of rotatable bonds is 3. The zero-order valence-electron chi connectivity index (χ0n) is 10.7. The molecule has 1 aromatic carbocycles. The molecule has 5 nitrogen and oxygen atoms in total. The molecule has 1 amide bonds. The molecule has 1 aliphatic rings. The second kappa shape index (κ2) is 4.39. The molecular weight excluding hydrogens is 244 g/mol. The second-order valence-electron chi connectivity index (χ2n) is 5.30. The summed E-state index contributed by atoms with van der Waals surface area (Å²) in [4.78, 5) is 23.1. The quantitative estimate of drug-likeness (QED) is 0.865. The zero-order valence-corrected chi connectivity index (χ0v) is 10.7. The maximum absolute atomic E-state index is 12.0. The van der Waals surface area contributed by atoms with Gasteiger partial charge in [-0.3, -0.25) is 9.59 Å². The number of nitrogens with one attached hydrogen (secondary N) is 1. The van der Waals surface area contributed by atoms with Crippen LogP contribution in [0.2, 0.25) is 0 Å². The number of carbonyl (C=O) groups excluding carboxylic acids is 1. The highest BCUT2D eigenvalue weighted by atomic mass is 16.4. The molecule has 0 unspecified atom stereocenters. The minimum absolute atomic E-state index is 0.313. The van der Waals surface area contributed by atoms with Crippen molar-refractivity contribution >= 4 is 17.6 Å². The third kappa shape index (κ3) is 2.29. The predicted octanol–water partition coefficient (Wildman–Crippen LogP) is 1.85. The summed E-state index contributed by atoms with van der Waals surface area (Å²) in [6, 6.07) is 8.52. The van der Waals surface area contributed by atoms with Crippen molar-refractivity contribution in [3.05, 3.63) is 29.8 Å². The molecule has 98 valence electrons. The van der Waals surface area contributed by atoms with E-state index in [9.17, 15) is 9.59 Å². The fourth-order valence-electron chi connectivity index (χ4n) is 2.47. The lowest BCUT2D eigenvalue weighted by Crippen LogP contribution is -2.17.